The molecule has 0 aliphatic heterocycles. The Morgan fingerprint density at radius 2 is 1.59 bits per heavy atom. The number of rotatable bonds is 8. The van der Waals surface area contributed by atoms with E-state index in [9.17, 15) is 9.59 Å². The van der Waals surface area contributed by atoms with Crippen LogP contribution < -0.4 is 20.3 Å². The van der Waals surface area contributed by atoms with Crippen LogP contribution in [0.5, 0.6) is 11.5 Å². The molecule has 0 spiro atoms. The molecule has 0 heterocycles. The molecule has 27 heavy (non-hydrogen) atoms. The highest BCUT2D eigenvalue weighted by Crippen LogP contribution is 2.27. The molecule has 0 aliphatic rings. The summed E-state index contributed by atoms with van der Waals surface area (Å²) in [5.74, 6) is 0.357. The van der Waals surface area contributed by atoms with E-state index in [1.165, 1.54) is 25.3 Å². The summed E-state index contributed by atoms with van der Waals surface area (Å²) in [5, 5.41) is 0. The lowest BCUT2D eigenvalue weighted by Gasteiger charge is -2.10. The van der Waals surface area contributed by atoms with Crippen LogP contribution in [0.4, 0.5) is 0 Å². The highest BCUT2D eigenvalue weighted by Gasteiger charge is 2.11. The van der Waals surface area contributed by atoms with Crippen molar-refractivity contribution in [2.24, 2.45) is 0 Å². The van der Waals surface area contributed by atoms with Crippen molar-refractivity contribution in [2.45, 2.75) is 32.6 Å². The van der Waals surface area contributed by atoms with Gasteiger partial charge in [0.25, 0.3) is 5.91 Å². The second-order valence-electron chi connectivity index (χ2n) is 6.26. The number of carbonyl (C=O) groups excluding carboxylic acids is 2. The van der Waals surface area contributed by atoms with E-state index >= 15 is 0 Å². The second-order valence-corrected chi connectivity index (χ2v) is 6.26. The molecule has 144 valence electrons. The molecule has 2 aromatic rings. The minimum atomic E-state index is -0.413. The molecule has 0 saturated carbocycles. The lowest BCUT2D eigenvalue weighted by Crippen LogP contribution is -2.41. The van der Waals surface area contributed by atoms with Gasteiger partial charge < -0.3 is 9.47 Å². The molecule has 2 N–H and O–H groups in total. The van der Waals surface area contributed by atoms with Crippen LogP contribution in [0.3, 0.4) is 0 Å². The van der Waals surface area contributed by atoms with Gasteiger partial charge in [-0.2, -0.15) is 0 Å². The van der Waals surface area contributed by atoms with Gasteiger partial charge in [-0.05, 0) is 49.9 Å². The summed E-state index contributed by atoms with van der Waals surface area (Å²) < 4.78 is 10.3. The summed E-state index contributed by atoms with van der Waals surface area (Å²) in [6.45, 7) is 2.06. The van der Waals surface area contributed by atoms with Crippen LogP contribution in [-0.4, -0.2) is 26.0 Å². The fraction of sp³-hybridized carbons (Fsp3) is 0.333. The van der Waals surface area contributed by atoms with Crippen molar-refractivity contribution in [3.8, 4) is 11.5 Å². The van der Waals surface area contributed by atoms with Crippen molar-refractivity contribution in [1.82, 2.24) is 10.9 Å². The molecule has 2 aromatic carbocycles. The Bertz CT molecular complexity index is 772. The Hall–Kier alpha value is -3.02. The van der Waals surface area contributed by atoms with Crippen LogP contribution in [0.15, 0.2) is 42.5 Å². The number of unbranched alkanes of at least 4 members (excludes halogenated alkanes) is 1. The van der Waals surface area contributed by atoms with Gasteiger partial charge in [0, 0.05) is 12.0 Å². The molecular formula is C21H26N2O4. The molecule has 0 saturated heterocycles. The summed E-state index contributed by atoms with van der Waals surface area (Å²) >= 11 is 0. The third-order valence-electron chi connectivity index (χ3n) is 4.20. The van der Waals surface area contributed by atoms with Crippen molar-refractivity contribution < 1.29 is 19.1 Å². The lowest BCUT2D eigenvalue weighted by atomic mass is 10.1. The van der Waals surface area contributed by atoms with E-state index in [2.05, 4.69) is 42.0 Å². The maximum atomic E-state index is 12.1. The number of hydrogen-bond acceptors (Lipinski definition) is 4. The van der Waals surface area contributed by atoms with Crippen molar-refractivity contribution in [3.63, 3.8) is 0 Å². The first kappa shape index (κ1) is 20.3. The Labute approximate surface area is 159 Å². The molecular weight excluding hydrogens is 344 g/mol. The fourth-order valence-electron chi connectivity index (χ4n) is 2.61. The third-order valence-corrected chi connectivity index (χ3v) is 4.20. The van der Waals surface area contributed by atoms with Crippen molar-refractivity contribution >= 4 is 11.8 Å². The Kier molecular flexibility index (Phi) is 7.67. The highest BCUT2D eigenvalue weighted by molar-refractivity contribution is 5.96. The summed E-state index contributed by atoms with van der Waals surface area (Å²) in [7, 11) is 3.02. The topological polar surface area (TPSA) is 76.7 Å². The van der Waals surface area contributed by atoms with Crippen LogP contribution in [-0.2, 0) is 11.2 Å². The lowest BCUT2D eigenvalue weighted by molar-refractivity contribution is -0.121. The highest BCUT2D eigenvalue weighted by atomic mass is 16.5. The summed E-state index contributed by atoms with van der Waals surface area (Å²) in [6.07, 6.45) is 2.97. The molecule has 0 unspecified atom stereocenters. The number of hydrazine groups is 1. The quantitative estimate of drug-likeness (QED) is 0.553. The van der Waals surface area contributed by atoms with Crippen LogP contribution in [0, 0.1) is 6.92 Å². The molecule has 0 atom stereocenters. The maximum Gasteiger partial charge on any atom is 0.269 e. The predicted molar refractivity (Wildman–Crippen MR) is 104 cm³/mol. The van der Waals surface area contributed by atoms with Crippen LogP contribution >= 0.6 is 0 Å². The second kappa shape index (κ2) is 10.2. The monoisotopic (exact) mass is 370 g/mol. The summed E-state index contributed by atoms with van der Waals surface area (Å²) in [5.41, 5.74) is 7.73. The van der Waals surface area contributed by atoms with E-state index in [4.69, 9.17) is 9.47 Å². The summed E-state index contributed by atoms with van der Waals surface area (Å²) in [6, 6.07) is 13.2. The first-order valence-electron chi connectivity index (χ1n) is 8.90. The van der Waals surface area contributed by atoms with Crippen molar-refractivity contribution in [1.29, 1.82) is 0 Å². The molecule has 0 aromatic heterocycles. The SMILES string of the molecule is COc1ccc(C(=O)NNC(=O)CCCCc2ccc(C)cc2)cc1OC. The zero-order valence-corrected chi connectivity index (χ0v) is 16.0. The average Bonchev–Trinajstić information content (AvgIpc) is 2.70. The Morgan fingerprint density at radius 1 is 0.889 bits per heavy atom. The Morgan fingerprint density at radius 3 is 2.26 bits per heavy atom. The average molecular weight is 370 g/mol. The van der Waals surface area contributed by atoms with Gasteiger partial charge in [0.2, 0.25) is 5.91 Å². The number of hydrogen-bond donors (Lipinski definition) is 2. The van der Waals surface area contributed by atoms with E-state index in [1.54, 1.807) is 18.2 Å². The number of aryl methyl sites for hydroxylation is 2. The summed E-state index contributed by atoms with van der Waals surface area (Å²) in [4.78, 5) is 24.0. The zero-order valence-electron chi connectivity index (χ0n) is 16.0. The smallest absolute Gasteiger partial charge is 0.269 e. The molecule has 2 rings (SSSR count). The van der Waals surface area contributed by atoms with E-state index in [1.807, 2.05) is 0 Å². The molecule has 2 amide bonds. The molecule has 0 fully saturated rings. The number of amides is 2. The van der Waals surface area contributed by atoms with Gasteiger partial charge in [-0.15, -0.1) is 0 Å². The maximum absolute atomic E-state index is 12.1. The van der Waals surface area contributed by atoms with Crippen LogP contribution in [0.1, 0.15) is 40.7 Å². The minimum absolute atomic E-state index is 0.215. The minimum Gasteiger partial charge on any atom is -0.493 e. The molecule has 0 aliphatic carbocycles. The van der Waals surface area contributed by atoms with Crippen molar-refractivity contribution in [3.05, 3.63) is 59.2 Å². The zero-order chi connectivity index (χ0) is 19.6. The molecule has 0 bridgehead atoms. The van der Waals surface area contributed by atoms with Crippen LogP contribution in [0.25, 0.3) is 0 Å². The van der Waals surface area contributed by atoms with E-state index < -0.39 is 5.91 Å². The van der Waals surface area contributed by atoms with Gasteiger partial charge in [-0.25, -0.2) is 0 Å². The number of methoxy groups -OCH3 is 2. The number of carbonyl (C=O) groups is 2. The van der Waals surface area contributed by atoms with E-state index in [-0.39, 0.29) is 5.91 Å². The van der Waals surface area contributed by atoms with E-state index in [0.717, 1.165) is 19.3 Å². The molecule has 6 nitrogen and oxygen atoms in total. The van der Waals surface area contributed by atoms with Gasteiger partial charge in [-0.3, -0.25) is 20.4 Å². The standard InChI is InChI=1S/C21H26N2O4/c1-15-8-10-16(11-9-15)6-4-5-7-20(24)22-23-21(25)17-12-13-18(26-2)19(14-17)27-3/h8-14H,4-7H2,1-3H3,(H,22,24)(H,23,25). The fourth-order valence-corrected chi connectivity index (χ4v) is 2.61. The largest absolute Gasteiger partial charge is 0.493 e. The van der Waals surface area contributed by atoms with Gasteiger partial charge in [0.15, 0.2) is 11.5 Å². The number of benzene rings is 2. The van der Waals surface area contributed by atoms with Gasteiger partial charge in [0.1, 0.15) is 0 Å². The predicted octanol–water partition coefficient (Wildman–Crippen LogP) is 3.19. The van der Waals surface area contributed by atoms with Crippen molar-refractivity contribution in [2.75, 3.05) is 14.2 Å². The first-order chi connectivity index (χ1) is 13.0. The third kappa shape index (κ3) is 6.33. The van der Waals surface area contributed by atoms with Gasteiger partial charge >= 0.3 is 0 Å². The van der Waals surface area contributed by atoms with Gasteiger partial charge in [-0.1, -0.05) is 29.8 Å². The van der Waals surface area contributed by atoms with Gasteiger partial charge in [0.05, 0.1) is 14.2 Å². The molecule has 6 heteroatoms. The molecule has 0 radical (unpaired) electrons. The Balaban J connectivity index is 1.71. The van der Waals surface area contributed by atoms with Crippen LogP contribution in [0.2, 0.25) is 0 Å². The number of nitrogens with one attached hydrogen (secondary N) is 2. The first-order valence-corrected chi connectivity index (χ1v) is 8.90. The number of ether oxygens (including phenoxy) is 2. The van der Waals surface area contributed by atoms with E-state index in [0.29, 0.717) is 23.5 Å². The normalized spacial score (nSPS) is 10.2.